The van der Waals surface area contributed by atoms with Gasteiger partial charge in [0.2, 0.25) is 0 Å². The first-order chi connectivity index (χ1) is 14.7. The standard InChI is InChI=1S/C25H25FN2O2S/c1-5-28-21-11-10-17(12-19(21)16(2)14-25(28,3)4)13-22-23(29)27(24(30)31-22)15-18-8-6-7-9-20(18)26/h6-14H,5,15H2,1-4H3/b22-13-. The van der Waals surface area contributed by atoms with Crippen molar-refractivity contribution in [2.75, 3.05) is 11.4 Å². The van der Waals surface area contributed by atoms with Crippen molar-refractivity contribution < 1.29 is 14.0 Å². The maximum atomic E-state index is 14.0. The van der Waals surface area contributed by atoms with E-state index in [2.05, 4.69) is 50.8 Å². The molecule has 0 aromatic heterocycles. The second kappa shape index (κ2) is 8.00. The van der Waals surface area contributed by atoms with Gasteiger partial charge in [-0.2, -0.15) is 0 Å². The molecule has 2 aliphatic rings. The quantitative estimate of drug-likeness (QED) is 0.544. The molecule has 0 spiro atoms. The summed E-state index contributed by atoms with van der Waals surface area (Å²) in [6.07, 6.45) is 4.00. The number of hydrogen-bond acceptors (Lipinski definition) is 4. The predicted molar refractivity (Wildman–Crippen MR) is 125 cm³/mol. The predicted octanol–water partition coefficient (Wildman–Crippen LogP) is 6.08. The third-order valence-electron chi connectivity index (χ3n) is 5.78. The van der Waals surface area contributed by atoms with Gasteiger partial charge in [-0.05, 0) is 74.9 Å². The van der Waals surface area contributed by atoms with Crippen LogP contribution in [0.25, 0.3) is 11.6 Å². The first-order valence-electron chi connectivity index (χ1n) is 10.3. The van der Waals surface area contributed by atoms with E-state index < -0.39 is 5.82 Å². The van der Waals surface area contributed by atoms with Crippen LogP contribution in [0.3, 0.4) is 0 Å². The highest BCUT2D eigenvalue weighted by Gasteiger charge is 2.36. The lowest BCUT2D eigenvalue weighted by molar-refractivity contribution is -0.123. The van der Waals surface area contributed by atoms with Gasteiger partial charge in [0, 0.05) is 23.4 Å². The van der Waals surface area contributed by atoms with E-state index in [-0.39, 0.29) is 23.2 Å². The lowest BCUT2D eigenvalue weighted by Gasteiger charge is -2.42. The summed E-state index contributed by atoms with van der Waals surface area (Å²) in [7, 11) is 0. The van der Waals surface area contributed by atoms with E-state index in [9.17, 15) is 14.0 Å². The molecule has 4 nitrogen and oxygen atoms in total. The SMILES string of the molecule is CCN1c2ccc(/C=C3\SC(=O)N(Cc4ccccc4F)C3=O)cc2C(C)=CC1(C)C. The summed E-state index contributed by atoms with van der Waals surface area (Å²) in [4.78, 5) is 29.1. The number of benzene rings is 2. The van der Waals surface area contributed by atoms with Crippen LogP contribution in [-0.4, -0.2) is 28.1 Å². The molecule has 0 unspecified atom stereocenters. The average molecular weight is 437 g/mol. The van der Waals surface area contributed by atoms with Crippen molar-refractivity contribution in [3.8, 4) is 0 Å². The summed E-state index contributed by atoms with van der Waals surface area (Å²) >= 11 is 0.896. The number of nitrogens with zero attached hydrogens (tertiary/aromatic N) is 2. The maximum Gasteiger partial charge on any atom is 0.293 e. The van der Waals surface area contributed by atoms with Crippen molar-refractivity contribution in [1.82, 2.24) is 4.90 Å². The number of amides is 2. The van der Waals surface area contributed by atoms with Crippen LogP contribution in [0.15, 0.2) is 53.4 Å². The number of carbonyl (C=O) groups excluding carboxylic acids is 2. The van der Waals surface area contributed by atoms with E-state index in [0.717, 1.165) is 40.0 Å². The van der Waals surface area contributed by atoms with Crippen molar-refractivity contribution in [2.24, 2.45) is 0 Å². The third-order valence-corrected chi connectivity index (χ3v) is 6.68. The Kier molecular flexibility index (Phi) is 5.52. The number of rotatable bonds is 4. The number of thioether (sulfide) groups is 1. The molecule has 2 aliphatic heterocycles. The molecule has 2 aromatic carbocycles. The van der Waals surface area contributed by atoms with Crippen LogP contribution in [-0.2, 0) is 11.3 Å². The Labute approximate surface area is 186 Å². The number of imide groups is 1. The Morgan fingerprint density at radius 3 is 2.58 bits per heavy atom. The Morgan fingerprint density at radius 1 is 1.13 bits per heavy atom. The van der Waals surface area contributed by atoms with Gasteiger partial charge in [0.05, 0.1) is 17.0 Å². The molecule has 0 bridgehead atoms. The van der Waals surface area contributed by atoms with Gasteiger partial charge in [-0.1, -0.05) is 30.3 Å². The van der Waals surface area contributed by atoms with Gasteiger partial charge in [0.15, 0.2) is 0 Å². The molecule has 160 valence electrons. The summed E-state index contributed by atoms with van der Waals surface area (Å²) in [5.41, 5.74) is 4.59. The Bertz CT molecular complexity index is 1140. The molecule has 1 saturated heterocycles. The number of carbonyl (C=O) groups is 2. The molecule has 0 aliphatic carbocycles. The molecule has 0 atom stereocenters. The molecule has 1 fully saturated rings. The molecule has 0 saturated carbocycles. The summed E-state index contributed by atoms with van der Waals surface area (Å²) < 4.78 is 14.0. The van der Waals surface area contributed by atoms with Gasteiger partial charge in [0.1, 0.15) is 5.82 Å². The van der Waals surface area contributed by atoms with E-state index in [0.29, 0.717) is 10.5 Å². The molecule has 2 amide bonds. The highest BCUT2D eigenvalue weighted by atomic mass is 32.2. The van der Waals surface area contributed by atoms with Gasteiger partial charge >= 0.3 is 0 Å². The zero-order chi connectivity index (χ0) is 22.3. The van der Waals surface area contributed by atoms with Crippen molar-refractivity contribution >= 4 is 40.2 Å². The van der Waals surface area contributed by atoms with Crippen LogP contribution < -0.4 is 4.90 Å². The van der Waals surface area contributed by atoms with Crippen molar-refractivity contribution in [2.45, 2.75) is 39.8 Å². The number of hydrogen-bond donors (Lipinski definition) is 0. The van der Waals surface area contributed by atoms with E-state index in [1.807, 2.05) is 6.07 Å². The van der Waals surface area contributed by atoms with Crippen LogP contribution in [0.2, 0.25) is 0 Å². The summed E-state index contributed by atoms with van der Waals surface area (Å²) in [6, 6.07) is 12.3. The average Bonchev–Trinajstić information content (AvgIpc) is 2.97. The Balaban J connectivity index is 1.63. The third kappa shape index (κ3) is 3.92. The highest BCUT2D eigenvalue weighted by Crippen LogP contribution is 2.40. The van der Waals surface area contributed by atoms with E-state index in [1.165, 1.54) is 11.6 Å². The van der Waals surface area contributed by atoms with Crippen LogP contribution in [0.5, 0.6) is 0 Å². The fourth-order valence-corrected chi connectivity index (χ4v) is 5.19. The van der Waals surface area contributed by atoms with Crippen LogP contribution in [0.4, 0.5) is 14.9 Å². The lowest BCUT2D eigenvalue weighted by Crippen LogP contribution is -2.44. The molecule has 6 heteroatoms. The molecular weight excluding hydrogens is 411 g/mol. The molecule has 4 rings (SSSR count). The second-order valence-corrected chi connectivity index (χ2v) is 9.35. The van der Waals surface area contributed by atoms with Crippen LogP contribution in [0, 0.1) is 5.82 Å². The number of allylic oxidation sites excluding steroid dienone is 1. The molecule has 0 N–H and O–H groups in total. The topological polar surface area (TPSA) is 40.6 Å². The fraction of sp³-hybridized carbons (Fsp3) is 0.280. The van der Waals surface area contributed by atoms with Gasteiger partial charge in [-0.25, -0.2) is 4.39 Å². The van der Waals surface area contributed by atoms with Crippen LogP contribution >= 0.6 is 11.8 Å². The van der Waals surface area contributed by atoms with Gasteiger partial charge < -0.3 is 4.90 Å². The molecule has 2 heterocycles. The zero-order valence-electron chi connectivity index (χ0n) is 18.1. The zero-order valence-corrected chi connectivity index (χ0v) is 18.9. The largest absolute Gasteiger partial charge is 0.363 e. The number of anilines is 1. The molecule has 31 heavy (non-hydrogen) atoms. The minimum Gasteiger partial charge on any atom is -0.363 e. The fourth-order valence-electron chi connectivity index (χ4n) is 4.35. The molecular formula is C25H25FN2O2S. The van der Waals surface area contributed by atoms with E-state index in [1.54, 1.807) is 24.3 Å². The Hall–Kier alpha value is -2.86. The number of likely N-dealkylation sites (N-methyl/N-ethyl adjacent to an activating group) is 1. The minimum absolute atomic E-state index is 0.0667. The molecule has 2 aromatic rings. The summed E-state index contributed by atoms with van der Waals surface area (Å²) in [6.45, 7) is 9.45. The number of halogens is 1. The summed E-state index contributed by atoms with van der Waals surface area (Å²) in [5.74, 6) is -0.814. The van der Waals surface area contributed by atoms with Crippen molar-refractivity contribution in [1.29, 1.82) is 0 Å². The highest BCUT2D eigenvalue weighted by molar-refractivity contribution is 8.18. The first-order valence-corrected chi connectivity index (χ1v) is 11.1. The van der Waals surface area contributed by atoms with Gasteiger partial charge in [-0.15, -0.1) is 0 Å². The minimum atomic E-state index is -0.425. The summed E-state index contributed by atoms with van der Waals surface area (Å²) in [5, 5.41) is -0.382. The van der Waals surface area contributed by atoms with Crippen molar-refractivity contribution in [3.05, 3.63) is 76.0 Å². The second-order valence-electron chi connectivity index (χ2n) is 8.36. The maximum absolute atomic E-state index is 14.0. The Morgan fingerprint density at radius 2 is 1.87 bits per heavy atom. The van der Waals surface area contributed by atoms with Gasteiger partial charge in [-0.3, -0.25) is 14.5 Å². The molecule has 0 radical (unpaired) electrons. The van der Waals surface area contributed by atoms with E-state index in [4.69, 9.17) is 0 Å². The first kappa shape index (κ1) is 21.4. The smallest absolute Gasteiger partial charge is 0.293 e. The van der Waals surface area contributed by atoms with Gasteiger partial charge in [0.25, 0.3) is 11.1 Å². The lowest BCUT2D eigenvalue weighted by atomic mass is 9.88. The van der Waals surface area contributed by atoms with Crippen molar-refractivity contribution in [3.63, 3.8) is 0 Å². The van der Waals surface area contributed by atoms with E-state index >= 15 is 0 Å². The number of fused-ring (bicyclic) bond motifs is 1. The monoisotopic (exact) mass is 436 g/mol. The van der Waals surface area contributed by atoms with Crippen LogP contribution in [0.1, 0.15) is 44.4 Å². The normalized spacial score (nSPS) is 19.1.